The van der Waals surface area contributed by atoms with E-state index in [9.17, 15) is 0 Å². The van der Waals surface area contributed by atoms with Gasteiger partial charge in [-0.2, -0.15) is 10.1 Å². The molecule has 7 heteroatoms. The van der Waals surface area contributed by atoms with Gasteiger partial charge in [0.05, 0.1) is 13.3 Å². The Balaban J connectivity index is 1.49. The van der Waals surface area contributed by atoms with Crippen LogP contribution in [0.4, 0.5) is 11.8 Å². The van der Waals surface area contributed by atoms with Gasteiger partial charge in [0.1, 0.15) is 5.75 Å². The first-order valence-corrected chi connectivity index (χ1v) is 8.65. The Morgan fingerprint density at radius 1 is 0.962 bits per heavy atom. The molecule has 0 aliphatic rings. The van der Waals surface area contributed by atoms with Crippen molar-refractivity contribution in [3.05, 3.63) is 70.9 Å². The standard InChI is InChI=1S/C19H20ClN5O/c1-26-17-8-4-15(5-9-17)12-22-18-13-23-25-19(24-18)21-11-10-14-2-6-16(20)7-3-14/h2-9,13H,10-12H2,1H3,(H2,21,22,24,25). The van der Waals surface area contributed by atoms with E-state index >= 15 is 0 Å². The fraction of sp³-hybridized carbons (Fsp3) is 0.211. The fourth-order valence-electron chi connectivity index (χ4n) is 2.37. The summed E-state index contributed by atoms with van der Waals surface area (Å²) < 4.78 is 5.16. The van der Waals surface area contributed by atoms with Crippen molar-refractivity contribution in [1.82, 2.24) is 15.2 Å². The van der Waals surface area contributed by atoms with Gasteiger partial charge in [0.15, 0.2) is 5.82 Å². The molecule has 2 aromatic carbocycles. The van der Waals surface area contributed by atoms with Crippen LogP contribution in [0, 0.1) is 0 Å². The van der Waals surface area contributed by atoms with Gasteiger partial charge in [-0.3, -0.25) is 0 Å². The Kier molecular flexibility index (Phi) is 6.22. The lowest BCUT2D eigenvalue weighted by Crippen LogP contribution is -2.10. The number of anilines is 2. The Hall–Kier alpha value is -2.86. The van der Waals surface area contributed by atoms with E-state index in [0.29, 0.717) is 24.9 Å². The molecular weight excluding hydrogens is 350 g/mol. The Labute approximate surface area is 157 Å². The number of ether oxygens (including phenoxy) is 1. The third-order valence-corrected chi connectivity index (χ3v) is 4.05. The highest BCUT2D eigenvalue weighted by Gasteiger charge is 2.01. The van der Waals surface area contributed by atoms with Crippen molar-refractivity contribution < 1.29 is 4.74 Å². The molecule has 6 nitrogen and oxygen atoms in total. The van der Waals surface area contributed by atoms with Gasteiger partial charge in [0, 0.05) is 18.1 Å². The van der Waals surface area contributed by atoms with Crippen molar-refractivity contribution in [2.75, 3.05) is 24.3 Å². The number of hydrogen-bond donors (Lipinski definition) is 2. The Morgan fingerprint density at radius 2 is 1.69 bits per heavy atom. The number of methoxy groups -OCH3 is 1. The van der Waals surface area contributed by atoms with Crippen LogP contribution < -0.4 is 15.4 Å². The normalized spacial score (nSPS) is 10.4. The van der Waals surface area contributed by atoms with Gasteiger partial charge < -0.3 is 15.4 Å². The Bertz CT molecular complexity index is 824. The second-order valence-corrected chi connectivity index (χ2v) is 6.11. The van der Waals surface area contributed by atoms with Crippen molar-refractivity contribution in [2.45, 2.75) is 13.0 Å². The van der Waals surface area contributed by atoms with Crippen LogP contribution in [0.3, 0.4) is 0 Å². The lowest BCUT2D eigenvalue weighted by atomic mass is 10.1. The molecule has 0 saturated heterocycles. The minimum absolute atomic E-state index is 0.499. The van der Waals surface area contributed by atoms with Crippen LogP contribution in [0.2, 0.25) is 5.02 Å². The van der Waals surface area contributed by atoms with Crippen LogP contribution in [-0.2, 0) is 13.0 Å². The molecule has 1 heterocycles. The number of nitrogens with one attached hydrogen (secondary N) is 2. The summed E-state index contributed by atoms with van der Waals surface area (Å²) in [6, 6.07) is 15.7. The lowest BCUT2D eigenvalue weighted by molar-refractivity contribution is 0.414. The molecule has 0 saturated carbocycles. The van der Waals surface area contributed by atoms with E-state index in [1.54, 1.807) is 13.3 Å². The van der Waals surface area contributed by atoms with Gasteiger partial charge >= 0.3 is 0 Å². The van der Waals surface area contributed by atoms with E-state index in [-0.39, 0.29) is 0 Å². The molecule has 134 valence electrons. The maximum Gasteiger partial charge on any atom is 0.244 e. The molecular formula is C19H20ClN5O. The predicted molar refractivity (Wildman–Crippen MR) is 104 cm³/mol. The zero-order chi connectivity index (χ0) is 18.2. The number of rotatable bonds is 8. The second kappa shape index (κ2) is 9.01. The third kappa shape index (κ3) is 5.32. The fourth-order valence-corrected chi connectivity index (χ4v) is 2.50. The van der Waals surface area contributed by atoms with E-state index in [2.05, 4.69) is 25.8 Å². The summed E-state index contributed by atoms with van der Waals surface area (Å²) in [4.78, 5) is 4.43. The molecule has 0 aliphatic carbocycles. The number of aromatic nitrogens is 3. The summed E-state index contributed by atoms with van der Waals surface area (Å²) >= 11 is 5.89. The lowest BCUT2D eigenvalue weighted by Gasteiger charge is -2.08. The minimum atomic E-state index is 0.499. The van der Waals surface area contributed by atoms with Crippen LogP contribution >= 0.6 is 11.6 Å². The van der Waals surface area contributed by atoms with Crippen molar-refractivity contribution in [1.29, 1.82) is 0 Å². The van der Waals surface area contributed by atoms with E-state index in [1.165, 1.54) is 5.56 Å². The molecule has 0 atom stereocenters. The molecule has 0 spiro atoms. The zero-order valence-electron chi connectivity index (χ0n) is 14.4. The largest absolute Gasteiger partial charge is 0.497 e. The summed E-state index contributed by atoms with van der Waals surface area (Å²) in [6.45, 7) is 1.36. The number of halogens is 1. The molecule has 0 radical (unpaired) electrons. The van der Waals surface area contributed by atoms with Crippen molar-refractivity contribution in [2.24, 2.45) is 0 Å². The first kappa shape index (κ1) is 17.9. The van der Waals surface area contributed by atoms with Crippen LogP contribution in [0.25, 0.3) is 0 Å². The van der Waals surface area contributed by atoms with Gasteiger partial charge in [-0.25, -0.2) is 0 Å². The SMILES string of the molecule is COc1ccc(CNc2cnnc(NCCc3ccc(Cl)cc3)n2)cc1. The molecule has 3 rings (SSSR count). The second-order valence-electron chi connectivity index (χ2n) is 5.67. The van der Waals surface area contributed by atoms with E-state index < -0.39 is 0 Å². The number of nitrogens with zero attached hydrogens (tertiary/aromatic N) is 3. The average molecular weight is 370 g/mol. The summed E-state index contributed by atoms with van der Waals surface area (Å²) in [7, 11) is 1.65. The number of hydrogen-bond acceptors (Lipinski definition) is 6. The van der Waals surface area contributed by atoms with Crippen LogP contribution in [0.1, 0.15) is 11.1 Å². The summed E-state index contributed by atoms with van der Waals surface area (Å²) in [5.41, 5.74) is 2.32. The quantitative estimate of drug-likeness (QED) is 0.629. The van der Waals surface area contributed by atoms with Crippen molar-refractivity contribution >= 4 is 23.4 Å². The summed E-state index contributed by atoms with van der Waals surface area (Å²) in [5, 5.41) is 15.2. The topological polar surface area (TPSA) is 72.0 Å². The van der Waals surface area contributed by atoms with Crippen LogP contribution in [0.15, 0.2) is 54.7 Å². The van der Waals surface area contributed by atoms with Gasteiger partial charge in [-0.05, 0) is 41.8 Å². The highest BCUT2D eigenvalue weighted by atomic mass is 35.5. The molecule has 0 unspecified atom stereocenters. The highest BCUT2D eigenvalue weighted by Crippen LogP contribution is 2.13. The molecule has 0 bridgehead atoms. The predicted octanol–water partition coefficient (Wildman–Crippen LogP) is 3.80. The smallest absolute Gasteiger partial charge is 0.244 e. The maximum absolute atomic E-state index is 5.89. The summed E-state index contributed by atoms with van der Waals surface area (Å²) in [5.74, 6) is 2.01. The monoisotopic (exact) mass is 369 g/mol. The zero-order valence-corrected chi connectivity index (χ0v) is 15.2. The third-order valence-electron chi connectivity index (χ3n) is 3.80. The number of benzene rings is 2. The van der Waals surface area contributed by atoms with Gasteiger partial charge in [-0.15, -0.1) is 5.10 Å². The molecule has 0 fully saturated rings. The van der Waals surface area contributed by atoms with Crippen molar-refractivity contribution in [3.8, 4) is 5.75 Å². The van der Waals surface area contributed by atoms with E-state index in [4.69, 9.17) is 16.3 Å². The van der Waals surface area contributed by atoms with Crippen LogP contribution in [0.5, 0.6) is 5.75 Å². The Morgan fingerprint density at radius 3 is 2.42 bits per heavy atom. The maximum atomic E-state index is 5.89. The molecule has 26 heavy (non-hydrogen) atoms. The average Bonchev–Trinajstić information content (AvgIpc) is 2.69. The highest BCUT2D eigenvalue weighted by molar-refractivity contribution is 6.30. The van der Waals surface area contributed by atoms with Crippen LogP contribution in [-0.4, -0.2) is 28.8 Å². The molecule has 3 aromatic rings. The van der Waals surface area contributed by atoms with Gasteiger partial charge in [-0.1, -0.05) is 35.9 Å². The molecule has 0 aliphatic heterocycles. The summed E-state index contributed by atoms with van der Waals surface area (Å²) in [6.07, 6.45) is 2.46. The molecule has 0 amide bonds. The van der Waals surface area contributed by atoms with Crippen molar-refractivity contribution in [3.63, 3.8) is 0 Å². The van der Waals surface area contributed by atoms with E-state index in [1.807, 2.05) is 48.5 Å². The minimum Gasteiger partial charge on any atom is -0.497 e. The van der Waals surface area contributed by atoms with E-state index in [0.717, 1.165) is 22.8 Å². The molecule has 1 aromatic heterocycles. The van der Waals surface area contributed by atoms with Gasteiger partial charge in [0.2, 0.25) is 5.95 Å². The molecule has 2 N–H and O–H groups in total. The first-order chi connectivity index (χ1) is 12.7. The van der Waals surface area contributed by atoms with Gasteiger partial charge in [0.25, 0.3) is 0 Å². The first-order valence-electron chi connectivity index (χ1n) is 8.28.